The summed E-state index contributed by atoms with van der Waals surface area (Å²) in [7, 11) is 0. The number of benzene rings is 1. The highest BCUT2D eigenvalue weighted by Crippen LogP contribution is 2.19. The molecule has 4 heteroatoms. The smallest absolute Gasteiger partial charge is 0.0624 e. The van der Waals surface area contributed by atoms with Crippen molar-refractivity contribution in [3.63, 3.8) is 0 Å². The Hall–Kier alpha value is -0.280. The molecule has 0 amide bonds. The van der Waals surface area contributed by atoms with Crippen molar-refractivity contribution < 1.29 is 5.11 Å². The van der Waals surface area contributed by atoms with E-state index in [0.29, 0.717) is 0 Å². The highest BCUT2D eigenvalue weighted by molar-refractivity contribution is 6.31. The van der Waals surface area contributed by atoms with Crippen LogP contribution in [0.4, 0.5) is 0 Å². The fraction of sp³-hybridized carbons (Fsp3) is 0.333. The Bertz CT molecular complexity index is 278. The third-order valence-electron chi connectivity index (χ3n) is 1.81. The van der Waals surface area contributed by atoms with E-state index in [0.717, 1.165) is 16.1 Å². The monoisotopic (exact) mass is 221 g/mol. The van der Waals surface area contributed by atoms with Crippen LogP contribution in [0.2, 0.25) is 5.02 Å². The molecule has 0 aromatic heterocycles. The van der Waals surface area contributed by atoms with Gasteiger partial charge in [-0.3, -0.25) is 0 Å². The van der Waals surface area contributed by atoms with Crippen LogP contribution in [0.1, 0.15) is 17.2 Å². The summed E-state index contributed by atoms with van der Waals surface area (Å²) in [5.41, 5.74) is 7.52. The van der Waals surface area contributed by atoms with Crippen molar-refractivity contribution in [2.45, 2.75) is 13.0 Å². The molecule has 0 aliphatic rings. The van der Waals surface area contributed by atoms with Gasteiger partial charge in [-0.1, -0.05) is 23.7 Å². The molecule has 0 bridgehead atoms. The Labute approximate surface area is 89.1 Å². The highest BCUT2D eigenvalue weighted by atomic mass is 35.5. The summed E-state index contributed by atoms with van der Waals surface area (Å²) < 4.78 is 0. The Morgan fingerprint density at radius 2 is 2.15 bits per heavy atom. The first kappa shape index (κ1) is 12.7. The maximum atomic E-state index is 8.79. The van der Waals surface area contributed by atoms with Gasteiger partial charge in [0.2, 0.25) is 0 Å². The Balaban J connectivity index is 0.00000144. The van der Waals surface area contributed by atoms with Gasteiger partial charge in [0.05, 0.1) is 12.6 Å². The minimum atomic E-state index is -0.305. The molecule has 1 aromatic rings. The lowest BCUT2D eigenvalue weighted by atomic mass is 10.1. The molecule has 0 aliphatic carbocycles. The van der Waals surface area contributed by atoms with E-state index in [9.17, 15) is 0 Å². The predicted molar refractivity (Wildman–Crippen MR) is 57.5 cm³/mol. The quantitative estimate of drug-likeness (QED) is 0.804. The molecule has 3 N–H and O–H groups in total. The summed E-state index contributed by atoms with van der Waals surface area (Å²) in [4.78, 5) is 0. The minimum absolute atomic E-state index is 0. The zero-order chi connectivity index (χ0) is 9.14. The fourth-order valence-electron chi connectivity index (χ4n) is 1.00. The van der Waals surface area contributed by atoms with Crippen molar-refractivity contribution in [3.05, 3.63) is 34.3 Å². The standard InChI is InChI=1S/C9H12ClNO.ClH/c1-6-4-7(9(11)5-12)2-3-8(6)10;/h2-4,9,12H,5,11H2,1H3;1H/t9-;/m0./s1. The molecule has 0 saturated heterocycles. The molecular weight excluding hydrogens is 209 g/mol. The molecule has 0 spiro atoms. The van der Waals surface area contributed by atoms with Gasteiger partial charge >= 0.3 is 0 Å². The van der Waals surface area contributed by atoms with Crippen LogP contribution in [-0.4, -0.2) is 11.7 Å². The first-order valence-electron chi connectivity index (χ1n) is 3.77. The lowest BCUT2D eigenvalue weighted by molar-refractivity contribution is 0.268. The van der Waals surface area contributed by atoms with Gasteiger partial charge in [-0.15, -0.1) is 12.4 Å². The number of aliphatic hydroxyl groups excluding tert-OH is 1. The molecule has 13 heavy (non-hydrogen) atoms. The predicted octanol–water partition coefficient (Wildman–Crippen LogP) is 2.06. The van der Waals surface area contributed by atoms with Crippen LogP contribution in [0.3, 0.4) is 0 Å². The van der Waals surface area contributed by atoms with Gasteiger partial charge in [0.15, 0.2) is 0 Å². The normalized spacial score (nSPS) is 12.0. The average molecular weight is 222 g/mol. The maximum absolute atomic E-state index is 8.79. The molecule has 1 rings (SSSR count). The van der Waals surface area contributed by atoms with Crippen molar-refractivity contribution in [3.8, 4) is 0 Å². The molecule has 74 valence electrons. The van der Waals surface area contributed by atoms with Crippen LogP contribution in [-0.2, 0) is 0 Å². The zero-order valence-electron chi connectivity index (χ0n) is 7.33. The van der Waals surface area contributed by atoms with Gasteiger partial charge in [0.25, 0.3) is 0 Å². The molecule has 1 aromatic carbocycles. The van der Waals surface area contributed by atoms with Gasteiger partial charge in [0.1, 0.15) is 0 Å². The fourth-order valence-corrected chi connectivity index (χ4v) is 1.12. The van der Waals surface area contributed by atoms with Crippen molar-refractivity contribution in [1.29, 1.82) is 0 Å². The van der Waals surface area contributed by atoms with Gasteiger partial charge in [-0.25, -0.2) is 0 Å². The number of nitrogens with two attached hydrogens (primary N) is 1. The van der Waals surface area contributed by atoms with E-state index in [1.54, 1.807) is 6.07 Å². The number of aliphatic hydroxyl groups is 1. The van der Waals surface area contributed by atoms with Crippen LogP contribution in [0.25, 0.3) is 0 Å². The van der Waals surface area contributed by atoms with Crippen molar-refractivity contribution in [2.75, 3.05) is 6.61 Å². The molecule has 0 aliphatic heterocycles. The second-order valence-corrected chi connectivity index (χ2v) is 3.20. The summed E-state index contributed by atoms with van der Waals surface area (Å²) in [6, 6.07) is 5.21. The lowest BCUT2D eigenvalue weighted by Crippen LogP contribution is -2.14. The summed E-state index contributed by atoms with van der Waals surface area (Å²) in [6.07, 6.45) is 0. The van der Waals surface area contributed by atoms with Crippen LogP contribution in [0.15, 0.2) is 18.2 Å². The van der Waals surface area contributed by atoms with E-state index in [2.05, 4.69) is 0 Å². The van der Waals surface area contributed by atoms with E-state index in [1.165, 1.54) is 0 Å². The average Bonchev–Trinajstić information content (AvgIpc) is 2.08. The molecule has 0 saturated carbocycles. The van der Waals surface area contributed by atoms with Crippen molar-refractivity contribution in [1.82, 2.24) is 0 Å². The Morgan fingerprint density at radius 3 is 2.62 bits per heavy atom. The van der Waals surface area contributed by atoms with Crippen LogP contribution in [0.5, 0.6) is 0 Å². The highest BCUT2D eigenvalue weighted by Gasteiger charge is 2.04. The largest absolute Gasteiger partial charge is 0.394 e. The molecule has 0 unspecified atom stereocenters. The third-order valence-corrected chi connectivity index (χ3v) is 2.23. The first-order chi connectivity index (χ1) is 5.65. The van der Waals surface area contributed by atoms with Crippen LogP contribution in [0, 0.1) is 6.92 Å². The number of aryl methyl sites for hydroxylation is 1. The van der Waals surface area contributed by atoms with E-state index < -0.39 is 0 Å². The summed E-state index contributed by atoms with van der Waals surface area (Å²) in [6.45, 7) is 1.87. The molecule has 2 nitrogen and oxygen atoms in total. The minimum Gasteiger partial charge on any atom is -0.394 e. The van der Waals surface area contributed by atoms with Gasteiger partial charge in [0, 0.05) is 5.02 Å². The summed E-state index contributed by atoms with van der Waals surface area (Å²) in [5, 5.41) is 9.52. The number of rotatable bonds is 2. The number of halogens is 2. The van der Waals surface area contributed by atoms with E-state index >= 15 is 0 Å². The van der Waals surface area contributed by atoms with E-state index in [1.807, 2.05) is 19.1 Å². The molecule has 0 radical (unpaired) electrons. The Morgan fingerprint density at radius 1 is 1.54 bits per heavy atom. The molecule has 0 heterocycles. The van der Waals surface area contributed by atoms with Gasteiger partial charge in [-0.2, -0.15) is 0 Å². The molecule has 1 atom stereocenters. The number of hydrogen-bond donors (Lipinski definition) is 2. The molecule has 0 fully saturated rings. The van der Waals surface area contributed by atoms with E-state index in [-0.39, 0.29) is 25.1 Å². The second-order valence-electron chi connectivity index (χ2n) is 2.80. The topological polar surface area (TPSA) is 46.2 Å². The van der Waals surface area contributed by atoms with E-state index in [4.69, 9.17) is 22.4 Å². The molecular formula is C9H13Cl2NO. The number of hydrogen-bond acceptors (Lipinski definition) is 2. The van der Waals surface area contributed by atoms with Crippen molar-refractivity contribution in [2.24, 2.45) is 5.73 Å². The van der Waals surface area contributed by atoms with Gasteiger partial charge in [-0.05, 0) is 24.1 Å². The Kier molecular flexibility index (Phi) is 5.33. The zero-order valence-corrected chi connectivity index (χ0v) is 8.90. The summed E-state index contributed by atoms with van der Waals surface area (Å²) >= 11 is 5.83. The SMILES string of the molecule is Cc1cc([C@@H](N)CO)ccc1Cl.Cl. The lowest BCUT2D eigenvalue weighted by Gasteiger charge is -2.09. The van der Waals surface area contributed by atoms with Crippen LogP contribution < -0.4 is 5.73 Å². The summed E-state index contributed by atoms with van der Waals surface area (Å²) in [5.74, 6) is 0. The first-order valence-corrected chi connectivity index (χ1v) is 4.15. The second kappa shape index (κ2) is 5.45. The maximum Gasteiger partial charge on any atom is 0.0624 e. The third kappa shape index (κ3) is 3.16. The van der Waals surface area contributed by atoms with Gasteiger partial charge < -0.3 is 10.8 Å². The van der Waals surface area contributed by atoms with Crippen LogP contribution >= 0.6 is 24.0 Å². The van der Waals surface area contributed by atoms with Crippen molar-refractivity contribution >= 4 is 24.0 Å².